The zero-order valence-electron chi connectivity index (χ0n) is 7.81. The summed E-state index contributed by atoms with van der Waals surface area (Å²) in [6, 6.07) is 0. The third kappa shape index (κ3) is 1.50. The number of allylic oxidation sites excluding steroid dienone is 2. The molecular formula is C11H19N. The molecule has 0 amide bonds. The van der Waals surface area contributed by atoms with Crippen molar-refractivity contribution >= 4 is 0 Å². The average Bonchev–Trinajstić information content (AvgIpc) is 2.05. The number of hydrogen-bond donors (Lipinski definition) is 1. The lowest BCUT2D eigenvalue weighted by atomic mass is 9.66. The predicted molar refractivity (Wildman–Crippen MR) is 51.6 cm³/mol. The normalized spacial score (nSPS) is 28.5. The van der Waals surface area contributed by atoms with E-state index in [0.29, 0.717) is 5.41 Å². The van der Waals surface area contributed by atoms with E-state index in [4.69, 9.17) is 5.73 Å². The lowest BCUT2D eigenvalue weighted by Gasteiger charge is -2.39. The summed E-state index contributed by atoms with van der Waals surface area (Å²) in [4.78, 5) is 0. The molecule has 0 aromatic carbocycles. The summed E-state index contributed by atoms with van der Waals surface area (Å²) >= 11 is 0. The van der Waals surface area contributed by atoms with Crippen LogP contribution in [0.15, 0.2) is 11.8 Å². The third-order valence-electron chi connectivity index (χ3n) is 3.57. The Morgan fingerprint density at radius 3 is 2.50 bits per heavy atom. The van der Waals surface area contributed by atoms with Gasteiger partial charge in [-0.25, -0.2) is 0 Å². The van der Waals surface area contributed by atoms with Crippen LogP contribution in [0.25, 0.3) is 0 Å². The van der Waals surface area contributed by atoms with E-state index in [1.807, 2.05) is 0 Å². The number of nitrogens with two attached hydrogens (primary N) is 1. The fraction of sp³-hybridized carbons (Fsp3) is 0.818. The largest absolute Gasteiger partial charge is 0.402 e. The Morgan fingerprint density at radius 1 is 1.08 bits per heavy atom. The summed E-state index contributed by atoms with van der Waals surface area (Å²) in [5.41, 5.74) is 7.69. The van der Waals surface area contributed by atoms with Gasteiger partial charge >= 0.3 is 0 Å². The van der Waals surface area contributed by atoms with Crippen LogP contribution in [0, 0.1) is 5.41 Å². The van der Waals surface area contributed by atoms with Crippen LogP contribution in [0.4, 0.5) is 0 Å². The molecule has 2 rings (SSSR count). The second-order valence-electron chi connectivity index (χ2n) is 4.56. The van der Waals surface area contributed by atoms with Crippen LogP contribution >= 0.6 is 0 Å². The van der Waals surface area contributed by atoms with E-state index >= 15 is 0 Å². The van der Waals surface area contributed by atoms with Gasteiger partial charge in [0.25, 0.3) is 0 Å². The van der Waals surface area contributed by atoms with Crippen molar-refractivity contribution in [2.45, 2.75) is 51.4 Å². The summed E-state index contributed by atoms with van der Waals surface area (Å²) in [7, 11) is 0. The van der Waals surface area contributed by atoms with E-state index in [-0.39, 0.29) is 0 Å². The minimum Gasteiger partial charge on any atom is -0.402 e. The zero-order chi connectivity index (χ0) is 8.44. The summed E-state index contributed by atoms with van der Waals surface area (Å²) in [5.74, 6) is 0. The fourth-order valence-electron chi connectivity index (χ4n) is 2.89. The van der Waals surface area contributed by atoms with Gasteiger partial charge in [-0.2, -0.15) is 0 Å². The van der Waals surface area contributed by atoms with Crippen molar-refractivity contribution in [1.82, 2.24) is 0 Å². The molecule has 0 unspecified atom stereocenters. The summed E-state index contributed by atoms with van der Waals surface area (Å²) < 4.78 is 0. The van der Waals surface area contributed by atoms with E-state index in [2.05, 4.69) is 6.08 Å². The molecule has 1 nitrogen and oxygen atoms in total. The SMILES string of the molecule is NC1=CCCC2(CCCCC2)C1. The van der Waals surface area contributed by atoms with Crippen molar-refractivity contribution in [3.63, 3.8) is 0 Å². The lowest BCUT2D eigenvalue weighted by molar-refractivity contribution is 0.164. The monoisotopic (exact) mass is 165 g/mol. The molecule has 0 heterocycles. The maximum atomic E-state index is 5.90. The van der Waals surface area contributed by atoms with Gasteiger partial charge in [-0.3, -0.25) is 0 Å². The first-order valence-corrected chi connectivity index (χ1v) is 5.25. The number of hydrogen-bond acceptors (Lipinski definition) is 1. The minimum atomic E-state index is 0.636. The highest BCUT2D eigenvalue weighted by molar-refractivity contribution is 5.07. The molecule has 12 heavy (non-hydrogen) atoms. The Hall–Kier alpha value is -0.460. The molecule has 68 valence electrons. The van der Waals surface area contributed by atoms with E-state index in [1.54, 1.807) is 0 Å². The molecule has 2 N–H and O–H groups in total. The maximum absolute atomic E-state index is 5.90. The second-order valence-corrected chi connectivity index (χ2v) is 4.56. The Bertz CT molecular complexity index is 187. The van der Waals surface area contributed by atoms with E-state index in [0.717, 1.165) is 5.70 Å². The molecule has 1 spiro atoms. The molecule has 1 fully saturated rings. The number of rotatable bonds is 0. The highest BCUT2D eigenvalue weighted by Gasteiger charge is 2.33. The molecule has 0 bridgehead atoms. The Labute approximate surface area is 75.0 Å². The smallest absolute Gasteiger partial charge is 0.00455 e. The van der Waals surface area contributed by atoms with Gasteiger partial charge in [-0.05, 0) is 37.5 Å². The van der Waals surface area contributed by atoms with E-state index < -0.39 is 0 Å². The summed E-state index contributed by atoms with van der Waals surface area (Å²) in [5, 5.41) is 0. The molecule has 0 saturated heterocycles. The molecule has 2 aliphatic carbocycles. The quantitative estimate of drug-likeness (QED) is 0.586. The molecule has 0 radical (unpaired) electrons. The summed E-state index contributed by atoms with van der Waals surface area (Å²) in [6.07, 6.45) is 13.2. The van der Waals surface area contributed by atoms with Crippen LogP contribution < -0.4 is 5.73 Å². The molecule has 0 atom stereocenters. The van der Waals surface area contributed by atoms with Crippen LogP contribution in [0.5, 0.6) is 0 Å². The lowest BCUT2D eigenvalue weighted by Crippen LogP contribution is -2.28. The van der Waals surface area contributed by atoms with Crippen molar-refractivity contribution in [1.29, 1.82) is 0 Å². The van der Waals surface area contributed by atoms with Gasteiger partial charge in [0.1, 0.15) is 0 Å². The van der Waals surface area contributed by atoms with Gasteiger partial charge in [-0.15, -0.1) is 0 Å². The maximum Gasteiger partial charge on any atom is 0.00455 e. The van der Waals surface area contributed by atoms with Crippen molar-refractivity contribution < 1.29 is 0 Å². The van der Waals surface area contributed by atoms with Crippen molar-refractivity contribution in [3.8, 4) is 0 Å². The van der Waals surface area contributed by atoms with Crippen LogP contribution in [-0.2, 0) is 0 Å². The predicted octanol–water partition coefficient (Wildman–Crippen LogP) is 2.96. The van der Waals surface area contributed by atoms with Gasteiger partial charge < -0.3 is 5.73 Å². The van der Waals surface area contributed by atoms with Crippen LogP contribution in [-0.4, -0.2) is 0 Å². The van der Waals surface area contributed by atoms with Crippen LogP contribution in [0.3, 0.4) is 0 Å². The molecule has 2 aliphatic rings. The van der Waals surface area contributed by atoms with Gasteiger partial charge in [0.15, 0.2) is 0 Å². The average molecular weight is 165 g/mol. The fourth-order valence-corrected chi connectivity index (χ4v) is 2.89. The first-order valence-electron chi connectivity index (χ1n) is 5.25. The molecular weight excluding hydrogens is 146 g/mol. The summed E-state index contributed by atoms with van der Waals surface area (Å²) in [6.45, 7) is 0. The van der Waals surface area contributed by atoms with Crippen molar-refractivity contribution in [3.05, 3.63) is 11.8 Å². The van der Waals surface area contributed by atoms with Crippen molar-refractivity contribution in [2.24, 2.45) is 11.1 Å². The van der Waals surface area contributed by atoms with E-state index in [9.17, 15) is 0 Å². The van der Waals surface area contributed by atoms with Crippen molar-refractivity contribution in [2.75, 3.05) is 0 Å². The topological polar surface area (TPSA) is 26.0 Å². The molecule has 1 saturated carbocycles. The Balaban J connectivity index is 2.05. The highest BCUT2D eigenvalue weighted by atomic mass is 14.6. The van der Waals surface area contributed by atoms with Crippen LogP contribution in [0.2, 0.25) is 0 Å². The third-order valence-corrected chi connectivity index (χ3v) is 3.57. The van der Waals surface area contributed by atoms with E-state index in [1.165, 1.54) is 51.4 Å². The van der Waals surface area contributed by atoms with Gasteiger partial charge in [-0.1, -0.05) is 25.3 Å². The molecule has 0 aliphatic heterocycles. The molecule has 1 heteroatoms. The standard InChI is InChI=1S/C11H19N/c12-10-5-4-8-11(9-10)6-2-1-3-7-11/h5H,1-4,6-9,12H2. The van der Waals surface area contributed by atoms with Gasteiger partial charge in [0.05, 0.1) is 0 Å². The first kappa shape index (κ1) is 8.15. The molecule has 0 aromatic heterocycles. The van der Waals surface area contributed by atoms with Crippen LogP contribution in [0.1, 0.15) is 51.4 Å². The van der Waals surface area contributed by atoms with Gasteiger partial charge in [0.2, 0.25) is 0 Å². The molecule has 0 aromatic rings. The Morgan fingerprint density at radius 2 is 1.83 bits per heavy atom. The minimum absolute atomic E-state index is 0.636. The second kappa shape index (κ2) is 3.12. The zero-order valence-corrected chi connectivity index (χ0v) is 7.81. The van der Waals surface area contributed by atoms with Gasteiger partial charge in [0, 0.05) is 5.70 Å². The highest BCUT2D eigenvalue weighted by Crippen LogP contribution is 2.46. The first-order chi connectivity index (χ1) is 5.81. The Kier molecular flexibility index (Phi) is 2.12.